The van der Waals surface area contributed by atoms with Gasteiger partial charge >= 0.3 is 0 Å². The summed E-state index contributed by atoms with van der Waals surface area (Å²) in [5.41, 5.74) is 3.87. The Morgan fingerprint density at radius 2 is 1.92 bits per heavy atom. The van der Waals surface area contributed by atoms with Crippen LogP contribution in [-0.4, -0.2) is 25.5 Å². The number of fused-ring (bicyclic) bond motifs is 1. The summed E-state index contributed by atoms with van der Waals surface area (Å²) in [6.45, 7) is 0. The molecule has 3 heterocycles. The van der Waals surface area contributed by atoms with Gasteiger partial charge in [0, 0.05) is 36.4 Å². The van der Waals surface area contributed by atoms with E-state index in [2.05, 4.69) is 20.4 Å². The molecule has 0 radical (unpaired) electrons. The van der Waals surface area contributed by atoms with Gasteiger partial charge in [0.2, 0.25) is 0 Å². The SMILES string of the molecule is O=C(Nc1ccccc1Cc1ccccn1)c1cnn2ccncc12. The van der Waals surface area contributed by atoms with E-state index in [-0.39, 0.29) is 5.91 Å². The molecule has 0 atom stereocenters. The number of benzene rings is 1. The average molecular weight is 329 g/mol. The van der Waals surface area contributed by atoms with E-state index < -0.39 is 0 Å². The second kappa shape index (κ2) is 6.52. The number of nitrogens with zero attached hydrogens (tertiary/aromatic N) is 4. The number of carbonyl (C=O) groups is 1. The first-order valence-electron chi connectivity index (χ1n) is 7.88. The molecule has 0 spiro atoms. The molecule has 0 saturated carbocycles. The van der Waals surface area contributed by atoms with Gasteiger partial charge in [-0.15, -0.1) is 0 Å². The van der Waals surface area contributed by atoms with Gasteiger partial charge in [-0.2, -0.15) is 5.10 Å². The number of hydrogen-bond acceptors (Lipinski definition) is 4. The molecule has 6 nitrogen and oxygen atoms in total. The monoisotopic (exact) mass is 329 g/mol. The lowest BCUT2D eigenvalue weighted by atomic mass is 10.1. The summed E-state index contributed by atoms with van der Waals surface area (Å²) in [7, 11) is 0. The van der Waals surface area contributed by atoms with Crippen molar-refractivity contribution >= 4 is 17.1 Å². The normalized spacial score (nSPS) is 10.7. The van der Waals surface area contributed by atoms with Gasteiger partial charge in [0.25, 0.3) is 5.91 Å². The van der Waals surface area contributed by atoms with Crippen LogP contribution in [0.15, 0.2) is 73.4 Å². The van der Waals surface area contributed by atoms with E-state index >= 15 is 0 Å². The Hall–Kier alpha value is -3.54. The standard InChI is InChI=1S/C19H15N5O/c25-19(16-12-22-24-10-9-20-13-18(16)24)23-17-7-2-1-5-14(17)11-15-6-3-4-8-21-15/h1-10,12-13H,11H2,(H,23,25). The summed E-state index contributed by atoms with van der Waals surface area (Å²) in [4.78, 5) is 21.1. The zero-order chi connectivity index (χ0) is 17.1. The van der Waals surface area contributed by atoms with E-state index in [1.807, 2.05) is 42.5 Å². The zero-order valence-electron chi connectivity index (χ0n) is 13.3. The predicted molar refractivity (Wildman–Crippen MR) is 94.4 cm³/mol. The highest BCUT2D eigenvalue weighted by Gasteiger charge is 2.14. The molecule has 4 aromatic rings. The Morgan fingerprint density at radius 1 is 1.04 bits per heavy atom. The molecule has 4 rings (SSSR count). The first-order chi connectivity index (χ1) is 12.3. The first-order valence-corrected chi connectivity index (χ1v) is 7.88. The fourth-order valence-electron chi connectivity index (χ4n) is 2.69. The molecule has 0 unspecified atom stereocenters. The molecule has 3 aromatic heterocycles. The van der Waals surface area contributed by atoms with E-state index in [9.17, 15) is 4.79 Å². The number of pyridine rings is 1. The third-order valence-electron chi connectivity index (χ3n) is 3.93. The van der Waals surface area contributed by atoms with Crippen molar-refractivity contribution in [2.24, 2.45) is 0 Å². The van der Waals surface area contributed by atoms with Gasteiger partial charge in [0.05, 0.1) is 23.5 Å². The highest BCUT2D eigenvalue weighted by molar-refractivity contribution is 6.09. The van der Waals surface area contributed by atoms with Gasteiger partial charge in [-0.1, -0.05) is 24.3 Å². The number of rotatable bonds is 4. The summed E-state index contributed by atoms with van der Waals surface area (Å²) in [5.74, 6) is -0.212. The van der Waals surface area contributed by atoms with Crippen molar-refractivity contribution in [1.82, 2.24) is 19.6 Å². The van der Waals surface area contributed by atoms with Crippen molar-refractivity contribution < 1.29 is 4.79 Å². The maximum atomic E-state index is 12.7. The largest absolute Gasteiger partial charge is 0.322 e. The lowest BCUT2D eigenvalue weighted by Gasteiger charge is -2.10. The van der Waals surface area contributed by atoms with Crippen LogP contribution in [0, 0.1) is 0 Å². The second-order valence-electron chi connectivity index (χ2n) is 5.57. The molecule has 0 fully saturated rings. The molecule has 0 aliphatic carbocycles. The molecule has 25 heavy (non-hydrogen) atoms. The number of anilines is 1. The van der Waals surface area contributed by atoms with E-state index in [0.717, 1.165) is 16.9 Å². The summed E-state index contributed by atoms with van der Waals surface area (Å²) < 4.78 is 1.63. The molecule has 6 heteroatoms. The number of para-hydroxylation sites is 1. The van der Waals surface area contributed by atoms with Gasteiger partial charge < -0.3 is 5.32 Å². The molecule has 0 bridgehead atoms. The fourth-order valence-corrected chi connectivity index (χ4v) is 2.69. The maximum Gasteiger partial charge on any atom is 0.259 e. The quantitative estimate of drug-likeness (QED) is 0.625. The zero-order valence-corrected chi connectivity index (χ0v) is 13.3. The highest BCUT2D eigenvalue weighted by Crippen LogP contribution is 2.20. The highest BCUT2D eigenvalue weighted by atomic mass is 16.1. The van der Waals surface area contributed by atoms with Crippen LogP contribution in [0.25, 0.3) is 5.52 Å². The van der Waals surface area contributed by atoms with Crippen LogP contribution in [0.5, 0.6) is 0 Å². The average Bonchev–Trinajstić information content (AvgIpc) is 3.08. The number of nitrogens with one attached hydrogen (secondary N) is 1. The maximum absolute atomic E-state index is 12.7. The van der Waals surface area contributed by atoms with Gasteiger partial charge in [-0.05, 0) is 23.8 Å². The molecule has 1 aromatic carbocycles. The minimum absolute atomic E-state index is 0.212. The van der Waals surface area contributed by atoms with Crippen molar-refractivity contribution in [2.45, 2.75) is 6.42 Å². The van der Waals surface area contributed by atoms with Crippen LogP contribution < -0.4 is 5.32 Å². The van der Waals surface area contributed by atoms with Crippen molar-refractivity contribution in [3.8, 4) is 0 Å². The Morgan fingerprint density at radius 3 is 2.80 bits per heavy atom. The van der Waals surface area contributed by atoms with Crippen molar-refractivity contribution in [1.29, 1.82) is 0 Å². The number of aromatic nitrogens is 4. The lowest BCUT2D eigenvalue weighted by Crippen LogP contribution is -2.13. The number of amides is 1. The third-order valence-corrected chi connectivity index (χ3v) is 3.93. The third kappa shape index (κ3) is 3.10. The molecule has 1 N–H and O–H groups in total. The van der Waals surface area contributed by atoms with Crippen LogP contribution in [0.1, 0.15) is 21.6 Å². The van der Waals surface area contributed by atoms with Gasteiger partial charge in [0.1, 0.15) is 0 Å². The topological polar surface area (TPSA) is 72.2 Å². The summed E-state index contributed by atoms with van der Waals surface area (Å²) in [5, 5.41) is 7.15. The summed E-state index contributed by atoms with van der Waals surface area (Å²) in [6, 6.07) is 13.5. The fraction of sp³-hybridized carbons (Fsp3) is 0.0526. The van der Waals surface area contributed by atoms with E-state index in [0.29, 0.717) is 17.5 Å². The molecule has 0 aliphatic rings. The van der Waals surface area contributed by atoms with Crippen LogP contribution in [0.3, 0.4) is 0 Å². The molecule has 1 amide bonds. The smallest absolute Gasteiger partial charge is 0.259 e. The van der Waals surface area contributed by atoms with Crippen molar-refractivity contribution in [3.05, 3.63) is 90.3 Å². The van der Waals surface area contributed by atoms with Crippen LogP contribution in [-0.2, 0) is 6.42 Å². The van der Waals surface area contributed by atoms with Crippen LogP contribution >= 0.6 is 0 Å². The number of hydrogen-bond donors (Lipinski definition) is 1. The lowest BCUT2D eigenvalue weighted by molar-refractivity contribution is 0.102. The summed E-state index contributed by atoms with van der Waals surface area (Å²) in [6.07, 6.45) is 8.93. The van der Waals surface area contributed by atoms with Crippen molar-refractivity contribution in [3.63, 3.8) is 0 Å². The minimum atomic E-state index is -0.212. The van der Waals surface area contributed by atoms with E-state index in [4.69, 9.17) is 0 Å². The molecule has 0 aliphatic heterocycles. The Balaban J connectivity index is 1.61. The Kier molecular flexibility index (Phi) is 3.92. The first kappa shape index (κ1) is 15.0. The summed E-state index contributed by atoms with van der Waals surface area (Å²) >= 11 is 0. The molecule has 0 saturated heterocycles. The van der Waals surface area contributed by atoms with E-state index in [1.54, 1.807) is 35.5 Å². The number of carbonyl (C=O) groups excluding carboxylic acids is 1. The Labute approximate surface area is 144 Å². The molecular weight excluding hydrogens is 314 g/mol. The minimum Gasteiger partial charge on any atom is -0.322 e. The molecule has 122 valence electrons. The Bertz CT molecular complexity index is 1030. The van der Waals surface area contributed by atoms with E-state index in [1.165, 1.54) is 0 Å². The van der Waals surface area contributed by atoms with Gasteiger partial charge in [-0.3, -0.25) is 14.8 Å². The second-order valence-corrected chi connectivity index (χ2v) is 5.57. The predicted octanol–water partition coefficient (Wildman–Crippen LogP) is 2.97. The van der Waals surface area contributed by atoms with Crippen LogP contribution in [0.4, 0.5) is 5.69 Å². The van der Waals surface area contributed by atoms with Gasteiger partial charge in [0.15, 0.2) is 0 Å². The van der Waals surface area contributed by atoms with Gasteiger partial charge in [-0.25, -0.2) is 4.52 Å². The van der Waals surface area contributed by atoms with Crippen LogP contribution in [0.2, 0.25) is 0 Å². The molecular formula is C19H15N5O. The van der Waals surface area contributed by atoms with Crippen molar-refractivity contribution in [2.75, 3.05) is 5.32 Å².